The fraction of sp³-hybridized carbons (Fsp3) is 0.500. The monoisotopic (exact) mass is 460 g/mol. The number of phenols is 1. The molecule has 1 amide bonds. The summed E-state index contributed by atoms with van der Waals surface area (Å²) < 4.78 is 6.16. The molecule has 6 nitrogen and oxygen atoms in total. The summed E-state index contributed by atoms with van der Waals surface area (Å²) >= 11 is 0. The van der Waals surface area contributed by atoms with Crippen LogP contribution in [0.4, 0.5) is 0 Å². The maximum Gasteiger partial charge on any atom is 0.251 e. The molecule has 0 bridgehead atoms. The second kappa shape index (κ2) is 7.84. The lowest BCUT2D eigenvalue weighted by Gasteiger charge is -2.55. The van der Waals surface area contributed by atoms with Crippen LogP contribution in [0.2, 0.25) is 0 Å². The molecule has 6 rings (SSSR count). The van der Waals surface area contributed by atoms with E-state index >= 15 is 0 Å². The van der Waals surface area contributed by atoms with Crippen LogP contribution < -0.4 is 10.1 Å². The van der Waals surface area contributed by atoms with Gasteiger partial charge in [0.25, 0.3) is 5.91 Å². The number of hydrogen-bond donors (Lipinski definition) is 2. The Hall–Kier alpha value is -2.86. The van der Waals surface area contributed by atoms with Crippen molar-refractivity contribution >= 4 is 11.7 Å². The van der Waals surface area contributed by atoms with Gasteiger partial charge < -0.3 is 15.2 Å². The lowest BCUT2D eigenvalue weighted by molar-refractivity contribution is -0.131. The van der Waals surface area contributed by atoms with Gasteiger partial charge in [0.15, 0.2) is 23.4 Å². The molecule has 4 atom stereocenters. The average Bonchev–Trinajstić information content (AvgIpc) is 3.55. The maximum absolute atomic E-state index is 13.6. The predicted octanol–water partition coefficient (Wildman–Crippen LogP) is 3.73. The number of aryl methyl sites for hydroxylation is 1. The van der Waals surface area contributed by atoms with Crippen molar-refractivity contribution in [2.45, 2.75) is 69.6 Å². The van der Waals surface area contributed by atoms with E-state index in [1.54, 1.807) is 6.07 Å². The maximum atomic E-state index is 13.6. The molecule has 2 aromatic carbocycles. The van der Waals surface area contributed by atoms with E-state index in [0.717, 1.165) is 36.2 Å². The largest absolute Gasteiger partial charge is 0.504 e. The number of nitrogens with one attached hydrogen (secondary N) is 1. The topological polar surface area (TPSA) is 78.9 Å². The number of ketones is 1. The summed E-state index contributed by atoms with van der Waals surface area (Å²) in [6.45, 7) is 6.09. The summed E-state index contributed by atoms with van der Waals surface area (Å²) in [5, 5.41) is 14.1. The summed E-state index contributed by atoms with van der Waals surface area (Å²) in [6.07, 6.45) is 3.54. The van der Waals surface area contributed by atoms with Crippen molar-refractivity contribution in [1.29, 1.82) is 0 Å². The highest BCUT2D eigenvalue weighted by molar-refractivity contribution is 5.96. The second-order valence-corrected chi connectivity index (χ2v) is 10.6. The number of phenolic OH excluding ortho intramolecular Hbond substituents is 1. The first-order valence-electron chi connectivity index (χ1n) is 12.6. The van der Waals surface area contributed by atoms with Gasteiger partial charge in [-0.1, -0.05) is 30.7 Å². The summed E-state index contributed by atoms with van der Waals surface area (Å²) in [5.41, 5.74) is 3.12. The molecule has 1 heterocycles. The molecule has 0 radical (unpaired) electrons. The van der Waals surface area contributed by atoms with Gasteiger partial charge in [-0.05, 0) is 68.8 Å². The van der Waals surface area contributed by atoms with Crippen molar-refractivity contribution in [3.63, 3.8) is 0 Å². The SMILES string of the molecule is CCN(CC1CC1)[C@@H]1Cc2ccc(O)c3c2C2C(O3)C(=O)CCC21NC(=O)c1ccc(C)cc1. The lowest BCUT2D eigenvalue weighted by Crippen LogP contribution is -2.71. The van der Waals surface area contributed by atoms with Crippen molar-refractivity contribution in [2.24, 2.45) is 5.92 Å². The highest BCUT2D eigenvalue weighted by Crippen LogP contribution is 2.58. The van der Waals surface area contributed by atoms with E-state index < -0.39 is 11.6 Å². The molecule has 34 heavy (non-hydrogen) atoms. The van der Waals surface area contributed by atoms with Gasteiger partial charge in [-0.25, -0.2) is 0 Å². The van der Waals surface area contributed by atoms with E-state index in [1.807, 2.05) is 37.3 Å². The number of benzene rings is 2. The molecule has 4 aliphatic rings. The van der Waals surface area contributed by atoms with Gasteiger partial charge in [-0.3, -0.25) is 14.5 Å². The highest BCUT2D eigenvalue weighted by atomic mass is 16.5. The van der Waals surface area contributed by atoms with Gasteiger partial charge in [0, 0.05) is 30.1 Å². The van der Waals surface area contributed by atoms with Crippen molar-refractivity contribution < 1.29 is 19.4 Å². The zero-order valence-corrected chi connectivity index (χ0v) is 19.8. The second-order valence-electron chi connectivity index (χ2n) is 10.6. The third kappa shape index (κ3) is 3.26. The van der Waals surface area contributed by atoms with E-state index in [2.05, 4.69) is 17.1 Å². The first-order valence-corrected chi connectivity index (χ1v) is 12.6. The fourth-order valence-electron chi connectivity index (χ4n) is 6.57. The summed E-state index contributed by atoms with van der Waals surface area (Å²) in [7, 11) is 0. The number of amides is 1. The van der Waals surface area contributed by atoms with Crippen molar-refractivity contribution in [2.75, 3.05) is 13.1 Å². The molecule has 2 aromatic rings. The van der Waals surface area contributed by atoms with Gasteiger partial charge in [0.2, 0.25) is 0 Å². The standard InChI is InChI=1S/C28H32N2O4/c1-3-30(15-17-6-7-17)22-14-19-10-11-20(31)25-23(19)24-26(34-25)21(32)12-13-28(22,24)29-27(33)18-8-4-16(2)5-9-18/h4-5,8-11,17,22,24,26,31H,3,6-7,12-15H2,1-2H3,(H,29,33)/t22-,24?,26?,28?/m1/s1. The number of Topliss-reactive ketones (excluding diaryl/α,β-unsaturated/α-hetero) is 1. The average molecular weight is 461 g/mol. The molecule has 1 aliphatic heterocycles. The number of nitrogens with zero attached hydrogens (tertiary/aromatic N) is 1. The van der Waals surface area contributed by atoms with Gasteiger partial charge in [-0.15, -0.1) is 0 Å². The number of carbonyl (C=O) groups is 2. The van der Waals surface area contributed by atoms with E-state index in [1.165, 1.54) is 12.8 Å². The number of likely N-dealkylation sites (N-methyl/N-ethyl adjacent to an activating group) is 1. The number of carbonyl (C=O) groups excluding carboxylic acids is 2. The minimum absolute atomic E-state index is 0.0534. The number of hydrogen-bond acceptors (Lipinski definition) is 5. The van der Waals surface area contributed by atoms with Crippen LogP contribution in [0.25, 0.3) is 0 Å². The Balaban J connectivity index is 1.48. The normalized spacial score (nSPS) is 29.0. The first-order chi connectivity index (χ1) is 16.4. The number of aromatic hydroxyl groups is 1. The Labute approximate surface area is 200 Å². The van der Waals surface area contributed by atoms with Crippen molar-refractivity contribution in [3.8, 4) is 11.5 Å². The molecule has 2 fully saturated rings. The number of ether oxygens (including phenoxy) is 1. The van der Waals surface area contributed by atoms with Crippen molar-refractivity contribution in [3.05, 3.63) is 58.7 Å². The Bertz CT molecular complexity index is 1160. The smallest absolute Gasteiger partial charge is 0.251 e. The van der Waals surface area contributed by atoms with Gasteiger partial charge >= 0.3 is 0 Å². The minimum atomic E-state index is -0.670. The molecule has 0 aromatic heterocycles. The molecule has 0 saturated heterocycles. The predicted molar refractivity (Wildman–Crippen MR) is 128 cm³/mol. The molecule has 3 aliphatic carbocycles. The third-order valence-electron chi connectivity index (χ3n) is 8.49. The van der Waals surface area contributed by atoms with Gasteiger partial charge in [0.1, 0.15) is 0 Å². The van der Waals surface area contributed by atoms with Crippen LogP contribution in [-0.4, -0.2) is 52.5 Å². The van der Waals surface area contributed by atoms with Crippen LogP contribution in [0.5, 0.6) is 11.5 Å². The van der Waals surface area contributed by atoms with Crippen LogP contribution in [0.1, 0.15) is 65.6 Å². The fourth-order valence-corrected chi connectivity index (χ4v) is 6.57. The van der Waals surface area contributed by atoms with E-state index in [-0.39, 0.29) is 29.4 Å². The van der Waals surface area contributed by atoms with E-state index in [9.17, 15) is 14.7 Å². The summed E-state index contributed by atoms with van der Waals surface area (Å²) in [5.74, 6) is 0.855. The molecule has 2 saturated carbocycles. The Morgan fingerprint density at radius 3 is 2.68 bits per heavy atom. The van der Waals surface area contributed by atoms with Crippen LogP contribution in [-0.2, 0) is 11.2 Å². The van der Waals surface area contributed by atoms with Crippen LogP contribution in [0.3, 0.4) is 0 Å². The van der Waals surface area contributed by atoms with Crippen LogP contribution in [0, 0.1) is 12.8 Å². The molecule has 2 N–H and O–H groups in total. The molecular formula is C28H32N2O4. The molecule has 178 valence electrons. The third-order valence-corrected chi connectivity index (χ3v) is 8.49. The zero-order chi connectivity index (χ0) is 23.6. The molecule has 3 unspecified atom stereocenters. The molecular weight excluding hydrogens is 428 g/mol. The van der Waals surface area contributed by atoms with Crippen LogP contribution >= 0.6 is 0 Å². The number of rotatable bonds is 6. The quantitative estimate of drug-likeness (QED) is 0.687. The zero-order valence-electron chi connectivity index (χ0n) is 19.8. The Kier molecular flexibility index (Phi) is 4.99. The van der Waals surface area contributed by atoms with Gasteiger partial charge in [-0.2, -0.15) is 0 Å². The summed E-state index contributed by atoms with van der Waals surface area (Å²) in [6, 6.07) is 11.3. The van der Waals surface area contributed by atoms with Crippen LogP contribution in [0.15, 0.2) is 36.4 Å². The minimum Gasteiger partial charge on any atom is -0.504 e. The Morgan fingerprint density at radius 1 is 1.21 bits per heavy atom. The van der Waals surface area contributed by atoms with E-state index in [0.29, 0.717) is 30.1 Å². The highest BCUT2D eigenvalue weighted by Gasteiger charge is 2.63. The van der Waals surface area contributed by atoms with E-state index in [4.69, 9.17) is 4.74 Å². The summed E-state index contributed by atoms with van der Waals surface area (Å²) in [4.78, 5) is 29.2. The molecule has 0 spiro atoms. The molecule has 6 heteroatoms. The Morgan fingerprint density at radius 2 is 1.97 bits per heavy atom. The lowest BCUT2D eigenvalue weighted by atomic mass is 9.59. The van der Waals surface area contributed by atoms with Gasteiger partial charge in [0.05, 0.1) is 11.5 Å². The first kappa shape index (κ1) is 21.7. The van der Waals surface area contributed by atoms with Crippen molar-refractivity contribution in [1.82, 2.24) is 10.2 Å².